The number of aliphatic carboxylic acids is 1. The number of carboxylic acid groups (broad SMARTS) is 1. The maximum atomic E-state index is 11.8. The van der Waals surface area contributed by atoms with Gasteiger partial charge in [0.05, 0.1) is 7.11 Å². The van der Waals surface area contributed by atoms with E-state index in [9.17, 15) is 9.90 Å². The van der Waals surface area contributed by atoms with E-state index in [0.29, 0.717) is 6.04 Å². The summed E-state index contributed by atoms with van der Waals surface area (Å²) in [6.07, 6.45) is 0. The summed E-state index contributed by atoms with van der Waals surface area (Å²) in [5, 5.41) is 9.72. The Hall–Kier alpha value is -1.59. The number of carboxylic acids is 1. The molecule has 5 heteroatoms. The Balaban J connectivity index is 2.19. The van der Waals surface area contributed by atoms with Crippen LogP contribution >= 0.6 is 0 Å². The van der Waals surface area contributed by atoms with E-state index >= 15 is 0 Å². The monoisotopic (exact) mass is 306 g/mol. The number of benzene rings is 1. The molecule has 1 saturated heterocycles. The van der Waals surface area contributed by atoms with Crippen molar-refractivity contribution >= 4 is 5.97 Å². The minimum absolute atomic E-state index is 0.508. The van der Waals surface area contributed by atoms with Crippen molar-refractivity contribution in [2.75, 3.05) is 33.3 Å². The lowest BCUT2D eigenvalue weighted by atomic mass is 9.99. The number of hydrogen-bond donors (Lipinski definition) is 1. The zero-order valence-corrected chi connectivity index (χ0v) is 13.9. The molecule has 0 bridgehead atoms. The summed E-state index contributed by atoms with van der Waals surface area (Å²) in [5.41, 5.74) is 1.81. The van der Waals surface area contributed by atoms with Crippen LogP contribution in [-0.4, -0.2) is 60.2 Å². The lowest BCUT2D eigenvalue weighted by Gasteiger charge is -2.39. The van der Waals surface area contributed by atoms with Crippen LogP contribution < -0.4 is 4.74 Å². The van der Waals surface area contributed by atoms with Crippen LogP contribution in [0.3, 0.4) is 0 Å². The van der Waals surface area contributed by atoms with Gasteiger partial charge in [0, 0.05) is 32.2 Å². The highest BCUT2D eigenvalue weighted by molar-refractivity contribution is 5.76. The fourth-order valence-electron chi connectivity index (χ4n) is 3.08. The first-order valence-corrected chi connectivity index (χ1v) is 7.79. The van der Waals surface area contributed by atoms with Gasteiger partial charge in [-0.1, -0.05) is 6.07 Å². The van der Waals surface area contributed by atoms with Crippen LogP contribution in [0, 0.1) is 6.92 Å². The lowest BCUT2D eigenvalue weighted by Crippen LogP contribution is -2.51. The molecule has 1 heterocycles. The fourth-order valence-corrected chi connectivity index (χ4v) is 3.08. The second kappa shape index (κ2) is 7.11. The van der Waals surface area contributed by atoms with Crippen molar-refractivity contribution in [3.05, 3.63) is 29.3 Å². The first-order valence-electron chi connectivity index (χ1n) is 7.79. The van der Waals surface area contributed by atoms with Gasteiger partial charge in [-0.2, -0.15) is 0 Å². The molecule has 1 aliphatic heterocycles. The van der Waals surface area contributed by atoms with Gasteiger partial charge in [-0.15, -0.1) is 0 Å². The average molecular weight is 306 g/mol. The molecule has 122 valence electrons. The summed E-state index contributed by atoms with van der Waals surface area (Å²) >= 11 is 0. The number of aryl methyl sites for hydroxylation is 1. The van der Waals surface area contributed by atoms with Crippen molar-refractivity contribution in [2.24, 2.45) is 0 Å². The number of nitrogens with zero attached hydrogens (tertiary/aromatic N) is 2. The molecule has 22 heavy (non-hydrogen) atoms. The quantitative estimate of drug-likeness (QED) is 0.903. The van der Waals surface area contributed by atoms with Gasteiger partial charge in [0.15, 0.2) is 0 Å². The van der Waals surface area contributed by atoms with Crippen molar-refractivity contribution in [3.63, 3.8) is 0 Å². The number of rotatable bonds is 5. The third-order valence-corrected chi connectivity index (χ3v) is 4.45. The normalized spacial score (nSPS) is 18.4. The van der Waals surface area contributed by atoms with Gasteiger partial charge in [-0.3, -0.25) is 14.6 Å². The smallest absolute Gasteiger partial charge is 0.325 e. The number of piperazine rings is 1. The van der Waals surface area contributed by atoms with Gasteiger partial charge >= 0.3 is 5.97 Å². The first kappa shape index (κ1) is 16.8. The number of carbonyl (C=O) groups is 1. The molecule has 0 spiro atoms. The highest BCUT2D eigenvalue weighted by Gasteiger charge is 2.31. The van der Waals surface area contributed by atoms with Gasteiger partial charge in [0.2, 0.25) is 0 Å². The third-order valence-electron chi connectivity index (χ3n) is 4.45. The van der Waals surface area contributed by atoms with Crippen LogP contribution in [0.5, 0.6) is 5.75 Å². The maximum Gasteiger partial charge on any atom is 0.325 e. The Morgan fingerprint density at radius 3 is 2.23 bits per heavy atom. The molecule has 1 aromatic rings. The molecule has 0 amide bonds. The molecule has 1 N–H and O–H groups in total. The van der Waals surface area contributed by atoms with Crippen LogP contribution in [0.2, 0.25) is 0 Å². The molecular formula is C17H26N2O3. The van der Waals surface area contributed by atoms with E-state index < -0.39 is 12.0 Å². The van der Waals surface area contributed by atoms with Gasteiger partial charge in [-0.05, 0) is 44.0 Å². The van der Waals surface area contributed by atoms with E-state index in [1.807, 2.05) is 25.1 Å². The molecule has 1 atom stereocenters. The summed E-state index contributed by atoms with van der Waals surface area (Å²) in [5.74, 6) is -0.0266. The van der Waals surface area contributed by atoms with Crippen molar-refractivity contribution < 1.29 is 14.6 Å². The largest absolute Gasteiger partial charge is 0.497 e. The fraction of sp³-hybridized carbons (Fsp3) is 0.588. The highest BCUT2D eigenvalue weighted by atomic mass is 16.5. The van der Waals surface area contributed by atoms with E-state index in [4.69, 9.17) is 4.74 Å². The zero-order chi connectivity index (χ0) is 16.3. The van der Waals surface area contributed by atoms with Crippen molar-refractivity contribution in [1.82, 2.24) is 9.80 Å². The van der Waals surface area contributed by atoms with Gasteiger partial charge in [0.25, 0.3) is 0 Å². The Morgan fingerprint density at radius 1 is 1.18 bits per heavy atom. The van der Waals surface area contributed by atoms with E-state index in [2.05, 4.69) is 23.6 Å². The third kappa shape index (κ3) is 3.59. The van der Waals surface area contributed by atoms with E-state index in [-0.39, 0.29) is 0 Å². The minimum atomic E-state index is -0.786. The maximum absolute atomic E-state index is 11.8. The highest BCUT2D eigenvalue weighted by Crippen LogP contribution is 2.28. The Morgan fingerprint density at radius 2 is 1.77 bits per heavy atom. The molecular weight excluding hydrogens is 280 g/mol. The number of ether oxygens (including phenoxy) is 1. The molecule has 0 aromatic heterocycles. The molecule has 0 saturated carbocycles. The van der Waals surface area contributed by atoms with Gasteiger partial charge in [0.1, 0.15) is 11.8 Å². The lowest BCUT2D eigenvalue weighted by molar-refractivity contribution is -0.144. The molecule has 1 unspecified atom stereocenters. The first-order chi connectivity index (χ1) is 10.4. The summed E-state index contributed by atoms with van der Waals surface area (Å²) in [4.78, 5) is 16.3. The topological polar surface area (TPSA) is 53.0 Å². The number of hydrogen-bond acceptors (Lipinski definition) is 4. The predicted octanol–water partition coefficient (Wildman–Crippen LogP) is 2.16. The van der Waals surface area contributed by atoms with Crippen LogP contribution in [0.25, 0.3) is 0 Å². The zero-order valence-electron chi connectivity index (χ0n) is 13.9. The van der Waals surface area contributed by atoms with Crippen molar-refractivity contribution in [2.45, 2.75) is 32.9 Å². The Labute approximate surface area is 132 Å². The van der Waals surface area contributed by atoms with E-state index in [1.165, 1.54) is 0 Å². The van der Waals surface area contributed by atoms with Gasteiger partial charge < -0.3 is 9.84 Å². The summed E-state index contributed by atoms with van der Waals surface area (Å²) < 4.78 is 5.21. The Bertz CT molecular complexity index is 523. The van der Waals surface area contributed by atoms with Crippen LogP contribution in [-0.2, 0) is 4.79 Å². The number of methoxy groups -OCH3 is 1. The molecule has 1 fully saturated rings. The van der Waals surface area contributed by atoms with Crippen molar-refractivity contribution in [1.29, 1.82) is 0 Å². The molecule has 0 aliphatic carbocycles. The average Bonchev–Trinajstić information content (AvgIpc) is 2.49. The summed E-state index contributed by atoms with van der Waals surface area (Å²) in [6.45, 7) is 9.68. The molecule has 5 nitrogen and oxygen atoms in total. The van der Waals surface area contributed by atoms with Crippen LogP contribution in [0.1, 0.15) is 31.0 Å². The Kier molecular flexibility index (Phi) is 5.42. The van der Waals surface area contributed by atoms with Gasteiger partial charge in [-0.25, -0.2) is 0 Å². The predicted molar refractivity (Wildman–Crippen MR) is 86.4 cm³/mol. The molecule has 1 aliphatic rings. The summed E-state index contributed by atoms with van der Waals surface area (Å²) in [7, 11) is 1.62. The standard InChI is InChI=1S/C17H26N2O3/c1-12(2)18-7-9-19(10-8-18)16(17(20)21)15-6-5-14(22-4)11-13(15)3/h5-6,11-12,16H,7-10H2,1-4H3,(H,20,21). The van der Waals surface area contributed by atoms with Crippen molar-refractivity contribution in [3.8, 4) is 5.75 Å². The molecule has 1 aromatic carbocycles. The van der Waals surface area contributed by atoms with E-state index in [0.717, 1.165) is 43.1 Å². The second-order valence-corrected chi connectivity index (χ2v) is 6.13. The van der Waals surface area contributed by atoms with E-state index in [1.54, 1.807) is 7.11 Å². The summed E-state index contributed by atoms with van der Waals surface area (Å²) in [6, 6.07) is 5.54. The van der Waals surface area contributed by atoms with Crippen LogP contribution in [0.15, 0.2) is 18.2 Å². The molecule has 2 rings (SSSR count). The molecule has 0 radical (unpaired) electrons. The van der Waals surface area contributed by atoms with Crippen LogP contribution in [0.4, 0.5) is 0 Å². The SMILES string of the molecule is COc1ccc(C(C(=O)O)N2CCN(C(C)C)CC2)c(C)c1. The minimum Gasteiger partial charge on any atom is -0.497 e. The second-order valence-electron chi connectivity index (χ2n) is 6.13.